The second-order valence-electron chi connectivity index (χ2n) is 21.4. The molecule has 21 heteroatoms. The average molecular weight is 1120 g/mol. The summed E-state index contributed by atoms with van der Waals surface area (Å²) in [5, 5.41) is 42.8. The highest BCUT2D eigenvalue weighted by molar-refractivity contribution is 5.97. The lowest BCUT2D eigenvalue weighted by Gasteiger charge is -2.67. The van der Waals surface area contributed by atoms with Crippen molar-refractivity contribution in [2.45, 2.75) is 128 Å². The van der Waals surface area contributed by atoms with E-state index in [2.05, 4.69) is 10.6 Å². The zero-order valence-electron chi connectivity index (χ0n) is 45.4. The highest BCUT2D eigenvalue weighted by atomic mass is 16.7. The van der Waals surface area contributed by atoms with Crippen LogP contribution in [0.25, 0.3) is 0 Å². The second kappa shape index (κ2) is 23.8. The number of carbonyl (C=O) groups excluding carboxylic acids is 9. The van der Waals surface area contributed by atoms with Crippen LogP contribution in [0.2, 0.25) is 0 Å². The summed E-state index contributed by atoms with van der Waals surface area (Å²) in [6.45, 7) is 7.35. The molecule has 3 fully saturated rings. The Morgan fingerprint density at radius 1 is 0.778 bits per heavy atom. The molecule has 2 bridgehead atoms. The molecule has 4 aliphatic rings. The molecule has 21 nitrogen and oxygen atoms in total. The van der Waals surface area contributed by atoms with Crippen LogP contribution in [-0.4, -0.2) is 125 Å². The third-order valence-corrected chi connectivity index (χ3v) is 16.1. The smallest absolute Gasteiger partial charge is 0.509 e. The van der Waals surface area contributed by atoms with Gasteiger partial charge < -0.3 is 63.9 Å². The fourth-order valence-electron chi connectivity index (χ4n) is 11.9. The maximum Gasteiger partial charge on any atom is 0.509 e. The number of benzene rings is 4. The number of hydrogen-bond acceptors (Lipinski definition) is 19. The van der Waals surface area contributed by atoms with Crippen LogP contribution < -0.4 is 15.7 Å². The summed E-state index contributed by atoms with van der Waals surface area (Å²) in [5.41, 5.74) is -7.65. The fourth-order valence-corrected chi connectivity index (χ4v) is 11.9. The van der Waals surface area contributed by atoms with Gasteiger partial charge in [-0.2, -0.15) is 0 Å². The Labute approximate surface area is 466 Å². The second-order valence-corrected chi connectivity index (χ2v) is 21.4. The Bertz CT molecular complexity index is 3090. The van der Waals surface area contributed by atoms with E-state index >= 15 is 9.59 Å². The summed E-state index contributed by atoms with van der Waals surface area (Å²) >= 11 is 0. The molecule has 4 aromatic rings. The van der Waals surface area contributed by atoms with Gasteiger partial charge in [-0.3, -0.25) is 24.0 Å². The first-order chi connectivity index (χ1) is 38.4. The van der Waals surface area contributed by atoms with Crippen LogP contribution in [0.3, 0.4) is 0 Å². The van der Waals surface area contributed by atoms with Gasteiger partial charge in [0.05, 0.1) is 42.2 Å². The van der Waals surface area contributed by atoms with E-state index in [1.54, 1.807) is 66.7 Å². The minimum absolute atomic E-state index is 0.0130. The van der Waals surface area contributed by atoms with Gasteiger partial charge in [-0.05, 0) is 85.4 Å². The van der Waals surface area contributed by atoms with Crippen LogP contribution in [0.4, 0.5) is 10.5 Å². The zero-order chi connectivity index (χ0) is 58.6. The number of ether oxygens (including phenoxy) is 7. The number of carboxylic acid groups (broad SMARTS) is 1. The van der Waals surface area contributed by atoms with E-state index in [0.717, 1.165) is 13.8 Å². The number of carbonyl (C=O) groups is 9. The normalized spacial score (nSPS) is 26.8. The van der Waals surface area contributed by atoms with Crippen molar-refractivity contribution in [3.05, 3.63) is 149 Å². The molecule has 11 atom stereocenters. The van der Waals surface area contributed by atoms with Crippen LogP contribution in [-0.2, 0) is 57.1 Å². The first-order valence-corrected chi connectivity index (χ1v) is 26.4. The number of rotatable bonds is 18. The number of amides is 2. The number of esters is 4. The first kappa shape index (κ1) is 58.9. The van der Waals surface area contributed by atoms with Gasteiger partial charge in [0, 0.05) is 49.8 Å². The van der Waals surface area contributed by atoms with Crippen molar-refractivity contribution in [3.8, 4) is 0 Å². The molecule has 0 radical (unpaired) electrons. The number of ketones is 1. The molecule has 1 heterocycles. The summed E-state index contributed by atoms with van der Waals surface area (Å²) in [4.78, 5) is 124. The predicted octanol–water partition coefficient (Wildman–Crippen LogP) is 5.07. The minimum atomic E-state index is -2.53. The van der Waals surface area contributed by atoms with Gasteiger partial charge in [0.15, 0.2) is 17.5 Å². The number of carboxylic acids is 1. The molecule has 3 aliphatic carbocycles. The van der Waals surface area contributed by atoms with Crippen molar-refractivity contribution in [1.82, 2.24) is 5.32 Å². The number of fused-ring (bicyclic) bond motifs is 5. The molecule has 428 valence electrons. The summed E-state index contributed by atoms with van der Waals surface area (Å²) in [5.74, 6) is -9.18. The SMILES string of the molecule is CC(=O)O[C@H]1C(=O)[C@@]2(C)[C@H]([C@H](OC(=O)c3ccccc3)[C@]3(O)C[C@H](OC(=O)[C@H](OC(=O)OCCCCC(=O)Nc4ccc(C(=O)[O-])cc4)[C@@H](NC(=O)c4ccccc4)c4ccccc4)C(C)=C1C3(C)C)[C@]1(OC(C)=O)CO[C@@H]1C[C@@H]2O. The predicted molar refractivity (Wildman–Crippen MR) is 281 cm³/mol. The van der Waals surface area contributed by atoms with Gasteiger partial charge >= 0.3 is 30.0 Å². The number of aliphatic hydroxyl groups is 2. The monoisotopic (exact) mass is 1120 g/mol. The largest absolute Gasteiger partial charge is 0.545 e. The number of nitrogens with one attached hydrogen (secondary N) is 2. The average Bonchev–Trinajstić information content (AvgIpc) is 0.943. The van der Waals surface area contributed by atoms with E-state index in [0.29, 0.717) is 5.69 Å². The minimum Gasteiger partial charge on any atom is -0.545 e. The zero-order valence-corrected chi connectivity index (χ0v) is 45.4. The van der Waals surface area contributed by atoms with Gasteiger partial charge in [0.25, 0.3) is 5.91 Å². The standard InChI is InChI=1S/C60H64N2O19/c1-33-41(31-60(74)51(80-54(71)39-22-14-9-15-23-39)49-58(6,42(65)30-43-59(49,32-76-43)81-35(3)64)50(67)47(77-34(2)63)45(33)57(60,4)5)78-55(72)48(46(36-18-10-7-11-19-36)62-52(68)37-20-12-8-13-21-37)79-56(73)75-29-17-16-24-44(66)61-40-27-25-38(26-28-40)53(69)70/h7-15,18-23,25-28,41-43,46-49,51,65,74H,16-17,24,29-32H2,1-6H3,(H,61,66)(H,62,68)(H,69,70)/p-1/t41-,42-,43+,46-,47+,48+,49-,51-,58+,59-,60+/m0/s1. The highest BCUT2D eigenvalue weighted by Gasteiger charge is 2.78. The molecule has 2 amide bonds. The van der Waals surface area contributed by atoms with Crippen molar-refractivity contribution in [2.75, 3.05) is 18.5 Å². The molecule has 4 N–H and O–H groups in total. The van der Waals surface area contributed by atoms with Crippen LogP contribution in [0.1, 0.15) is 116 Å². The molecule has 0 aromatic heterocycles. The molecule has 0 spiro atoms. The quantitative estimate of drug-likeness (QED) is 0.0437. The summed E-state index contributed by atoms with van der Waals surface area (Å²) in [6.07, 6.45) is -12.4. The van der Waals surface area contributed by atoms with Crippen molar-refractivity contribution in [2.24, 2.45) is 16.7 Å². The number of unbranched alkanes of at least 4 members (excludes halogenated alkanes) is 1. The maximum atomic E-state index is 15.8. The number of anilines is 1. The fraction of sp³-hybridized carbons (Fsp3) is 0.417. The lowest BCUT2D eigenvalue weighted by atomic mass is 9.44. The Kier molecular flexibility index (Phi) is 17.3. The Morgan fingerprint density at radius 2 is 1.40 bits per heavy atom. The molecule has 1 saturated heterocycles. The molecular formula is C60H63N2O19-. The Morgan fingerprint density at radius 3 is 1.98 bits per heavy atom. The van der Waals surface area contributed by atoms with Gasteiger partial charge in [0.1, 0.15) is 30.0 Å². The molecule has 4 aromatic carbocycles. The van der Waals surface area contributed by atoms with Crippen molar-refractivity contribution in [3.63, 3.8) is 0 Å². The van der Waals surface area contributed by atoms with E-state index in [4.69, 9.17) is 33.2 Å². The number of aliphatic hydroxyl groups excluding tert-OH is 1. The molecule has 81 heavy (non-hydrogen) atoms. The van der Waals surface area contributed by atoms with Crippen molar-refractivity contribution < 1.29 is 91.6 Å². The third kappa shape index (κ3) is 11.7. The van der Waals surface area contributed by atoms with Crippen molar-refractivity contribution in [1.29, 1.82) is 0 Å². The van der Waals surface area contributed by atoms with E-state index in [-0.39, 0.29) is 72.3 Å². The summed E-state index contributed by atoms with van der Waals surface area (Å²) < 4.78 is 42.1. The molecule has 2 saturated carbocycles. The summed E-state index contributed by atoms with van der Waals surface area (Å²) in [7, 11) is 0. The van der Waals surface area contributed by atoms with Gasteiger partial charge in [-0.15, -0.1) is 0 Å². The maximum absolute atomic E-state index is 15.8. The van der Waals surface area contributed by atoms with Gasteiger partial charge in [-0.1, -0.05) is 92.7 Å². The number of aromatic carboxylic acids is 1. The van der Waals surface area contributed by atoms with E-state index in [1.165, 1.54) is 76.2 Å². The van der Waals surface area contributed by atoms with Crippen LogP contribution >= 0.6 is 0 Å². The topological polar surface area (TPSA) is 306 Å². The lowest BCUT2D eigenvalue weighted by Crippen LogP contribution is -2.82. The van der Waals surface area contributed by atoms with Crippen LogP contribution in [0.5, 0.6) is 0 Å². The molecule has 8 rings (SSSR count). The summed E-state index contributed by atoms with van der Waals surface area (Å²) in [6, 6.07) is 27.4. The molecule has 0 unspecified atom stereocenters. The number of Topliss-reactive ketones (excluding diaryl/α,β-unsaturated/α-hetero) is 1. The highest BCUT2D eigenvalue weighted by Crippen LogP contribution is 2.64. The Hall–Kier alpha value is -8.27. The molecule has 1 aliphatic heterocycles. The van der Waals surface area contributed by atoms with E-state index in [9.17, 15) is 48.9 Å². The number of hydrogen-bond donors (Lipinski definition) is 4. The van der Waals surface area contributed by atoms with E-state index < -0.39 is 131 Å². The van der Waals surface area contributed by atoms with Crippen molar-refractivity contribution >= 4 is 59.3 Å². The molecular weight excluding hydrogens is 1050 g/mol. The van der Waals surface area contributed by atoms with Crippen LogP contribution in [0, 0.1) is 16.7 Å². The van der Waals surface area contributed by atoms with Crippen LogP contribution in [0.15, 0.2) is 126 Å². The Balaban J connectivity index is 1.18. The van der Waals surface area contributed by atoms with Gasteiger partial charge in [0.2, 0.25) is 12.0 Å². The lowest BCUT2D eigenvalue weighted by molar-refractivity contribution is -0.346. The first-order valence-electron chi connectivity index (χ1n) is 26.4. The van der Waals surface area contributed by atoms with E-state index in [1.807, 2.05) is 0 Å². The third-order valence-electron chi connectivity index (χ3n) is 16.1. The van der Waals surface area contributed by atoms with Gasteiger partial charge in [-0.25, -0.2) is 14.4 Å².